The third-order valence-corrected chi connectivity index (χ3v) is 3.72. The Kier molecular flexibility index (Phi) is 4.53. The largest absolute Gasteiger partial charge is 0.417 e. The zero-order valence-corrected chi connectivity index (χ0v) is 11.7. The van der Waals surface area contributed by atoms with Crippen LogP contribution in [0.2, 0.25) is 0 Å². The molecule has 2 rings (SSSR count). The molecule has 1 N–H and O–H groups in total. The highest BCUT2D eigenvalue weighted by Gasteiger charge is 2.30. The third kappa shape index (κ3) is 3.95. The number of hydrogen-bond donors (Lipinski definition) is 1. The summed E-state index contributed by atoms with van der Waals surface area (Å²) in [6.45, 7) is 1.51. The van der Waals surface area contributed by atoms with Crippen molar-refractivity contribution >= 4 is 11.8 Å². The summed E-state index contributed by atoms with van der Waals surface area (Å²) in [7, 11) is 0. The normalized spacial score (nSPS) is 13.2. The zero-order chi connectivity index (χ0) is 15.6. The van der Waals surface area contributed by atoms with Gasteiger partial charge in [0.2, 0.25) is 0 Å². The van der Waals surface area contributed by atoms with E-state index in [0.29, 0.717) is 11.8 Å². The molecule has 7 heteroatoms. The van der Waals surface area contributed by atoms with Gasteiger partial charge in [-0.2, -0.15) is 13.2 Å². The predicted molar refractivity (Wildman–Crippen MR) is 70.4 cm³/mol. The van der Waals surface area contributed by atoms with E-state index in [1.165, 1.54) is 25.1 Å². The monoisotopic (exact) mass is 317 g/mol. The first-order valence-electron chi connectivity index (χ1n) is 5.96. The van der Waals surface area contributed by atoms with Gasteiger partial charge in [0.05, 0.1) is 11.7 Å². The Morgan fingerprint density at radius 3 is 2.38 bits per heavy atom. The number of benzene rings is 1. The Morgan fingerprint density at radius 2 is 1.90 bits per heavy atom. The Labute approximate surface area is 122 Å². The molecule has 1 aromatic carbocycles. The molecule has 0 amide bonds. The van der Waals surface area contributed by atoms with E-state index in [1.54, 1.807) is 6.07 Å². The van der Waals surface area contributed by atoms with Gasteiger partial charge in [0, 0.05) is 11.1 Å². The molecule has 0 unspecified atom stereocenters. The maximum absolute atomic E-state index is 13.8. The summed E-state index contributed by atoms with van der Waals surface area (Å²) in [4.78, 5) is 3.89. The van der Waals surface area contributed by atoms with Crippen LogP contribution in [-0.4, -0.2) is 10.1 Å². The van der Waals surface area contributed by atoms with Crippen molar-refractivity contribution in [1.82, 2.24) is 4.98 Å². The molecule has 0 bridgehead atoms. The maximum atomic E-state index is 13.8. The van der Waals surface area contributed by atoms with E-state index in [2.05, 4.69) is 4.98 Å². The molecule has 0 saturated heterocycles. The standard InChI is InChI=1S/C14H11F4NOS/c1-8(20)9-2-4-12(11(15)6-9)21-13-5-3-10(7-19-13)14(16,17)18/h2-8,20H,1H3/t8-/m1/s1. The van der Waals surface area contributed by atoms with Crippen LogP contribution in [0, 0.1) is 5.82 Å². The minimum Gasteiger partial charge on any atom is -0.389 e. The van der Waals surface area contributed by atoms with Gasteiger partial charge in [-0.1, -0.05) is 17.8 Å². The SMILES string of the molecule is C[C@@H](O)c1ccc(Sc2ccc(C(F)(F)F)cn2)c(F)c1. The highest BCUT2D eigenvalue weighted by molar-refractivity contribution is 7.99. The number of halogens is 4. The smallest absolute Gasteiger partial charge is 0.389 e. The maximum Gasteiger partial charge on any atom is 0.417 e. The van der Waals surface area contributed by atoms with Gasteiger partial charge < -0.3 is 5.11 Å². The molecule has 2 aromatic rings. The van der Waals surface area contributed by atoms with Crippen LogP contribution in [-0.2, 0) is 6.18 Å². The lowest BCUT2D eigenvalue weighted by Crippen LogP contribution is -2.05. The summed E-state index contributed by atoms with van der Waals surface area (Å²) < 4.78 is 51.0. The number of nitrogens with zero attached hydrogens (tertiary/aromatic N) is 1. The van der Waals surface area contributed by atoms with Crippen molar-refractivity contribution in [2.75, 3.05) is 0 Å². The van der Waals surface area contributed by atoms with E-state index in [9.17, 15) is 22.7 Å². The number of aliphatic hydroxyl groups is 1. The zero-order valence-electron chi connectivity index (χ0n) is 10.9. The van der Waals surface area contributed by atoms with Crippen LogP contribution in [0.25, 0.3) is 0 Å². The number of pyridine rings is 1. The van der Waals surface area contributed by atoms with Crippen LogP contribution in [0.5, 0.6) is 0 Å². The van der Waals surface area contributed by atoms with Crippen LogP contribution in [0.4, 0.5) is 17.6 Å². The minimum absolute atomic E-state index is 0.228. The molecular formula is C14H11F4NOS. The molecule has 1 atom stereocenters. The highest BCUT2D eigenvalue weighted by atomic mass is 32.2. The van der Waals surface area contributed by atoms with Crippen molar-refractivity contribution in [2.45, 2.75) is 29.1 Å². The second-order valence-corrected chi connectivity index (χ2v) is 5.41. The fraction of sp³-hybridized carbons (Fsp3) is 0.214. The molecule has 1 heterocycles. The molecule has 0 spiro atoms. The van der Waals surface area contributed by atoms with Crippen molar-refractivity contribution in [3.05, 3.63) is 53.5 Å². The first kappa shape index (κ1) is 15.8. The lowest BCUT2D eigenvalue weighted by Gasteiger charge is -2.09. The third-order valence-electron chi connectivity index (χ3n) is 2.72. The Morgan fingerprint density at radius 1 is 1.19 bits per heavy atom. The molecule has 1 aromatic heterocycles. The second kappa shape index (κ2) is 6.03. The van der Waals surface area contributed by atoms with E-state index in [4.69, 9.17) is 0 Å². The number of hydrogen-bond acceptors (Lipinski definition) is 3. The first-order valence-corrected chi connectivity index (χ1v) is 6.77. The number of alkyl halides is 3. The molecular weight excluding hydrogens is 306 g/mol. The van der Waals surface area contributed by atoms with Crippen molar-refractivity contribution in [1.29, 1.82) is 0 Å². The van der Waals surface area contributed by atoms with Gasteiger partial charge in [-0.15, -0.1) is 0 Å². The van der Waals surface area contributed by atoms with Gasteiger partial charge in [0.25, 0.3) is 0 Å². The van der Waals surface area contributed by atoms with Crippen LogP contribution >= 0.6 is 11.8 Å². The molecule has 21 heavy (non-hydrogen) atoms. The molecule has 0 aliphatic rings. The van der Waals surface area contributed by atoms with Crippen molar-refractivity contribution < 1.29 is 22.7 Å². The van der Waals surface area contributed by atoms with Crippen molar-refractivity contribution in [3.8, 4) is 0 Å². The Hall–Kier alpha value is -1.60. The first-order chi connectivity index (χ1) is 9.77. The van der Waals surface area contributed by atoms with E-state index in [1.807, 2.05) is 0 Å². The molecule has 112 valence electrons. The number of rotatable bonds is 3. The summed E-state index contributed by atoms with van der Waals surface area (Å²) in [5, 5.41) is 9.60. The van der Waals surface area contributed by atoms with Crippen LogP contribution in [0.15, 0.2) is 46.5 Å². The summed E-state index contributed by atoms with van der Waals surface area (Å²) >= 11 is 0.919. The minimum atomic E-state index is -4.44. The van der Waals surface area contributed by atoms with E-state index >= 15 is 0 Å². The molecule has 2 nitrogen and oxygen atoms in total. The van der Waals surface area contributed by atoms with Gasteiger partial charge >= 0.3 is 6.18 Å². The van der Waals surface area contributed by atoms with Crippen LogP contribution < -0.4 is 0 Å². The fourth-order valence-corrected chi connectivity index (χ4v) is 2.34. The summed E-state index contributed by atoms with van der Waals surface area (Å²) in [6, 6.07) is 6.30. The molecule has 0 aliphatic carbocycles. The summed E-state index contributed by atoms with van der Waals surface area (Å²) in [6.07, 6.45) is -4.52. The Bertz CT molecular complexity index is 626. The quantitative estimate of drug-likeness (QED) is 0.849. The lowest BCUT2D eigenvalue weighted by molar-refractivity contribution is -0.137. The number of aliphatic hydroxyl groups excluding tert-OH is 1. The van der Waals surface area contributed by atoms with Crippen LogP contribution in [0.1, 0.15) is 24.2 Å². The average molecular weight is 317 g/mol. The molecule has 0 saturated carbocycles. The van der Waals surface area contributed by atoms with Crippen LogP contribution in [0.3, 0.4) is 0 Å². The van der Waals surface area contributed by atoms with E-state index < -0.39 is 23.7 Å². The van der Waals surface area contributed by atoms with Gasteiger partial charge in [-0.05, 0) is 36.8 Å². The van der Waals surface area contributed by atoms with Gasteiger partial charge in [0.15, 0.2) is 0 Å². The molecule has 0 aliphatic heterocycles. The summed E-state index contributed by atoms with van der Waals surface area (Å²) in [5.74, 6) is -0.555. The van der Waals surface area contributed by atoms with Gasteiger partial charge in [-0.3, -0.25) is 0 Å². The van der Waals surface area contributed by atoms with Gasteiger partial charge in [0.1, 0.15) is 10.8 Å². The van der Waals surface area contributed by atoms with Gasteiger partial charge in [-0.25, -0.2) is 9.37 Å². The fourth-order valence-electron chi connectivity index (χ4n) is 1.58. The lowest BCUT2D eigenvalue weighted by atomic mass is 10.1. The molecule has 0 fully saturated rings. The average Bonchev–Trinajstić information content (AvgIpc) is 2.40. The van der Waals surface area contributed by atoms with E-state index in [0.717, 1.165) is 17.8 Å². The highest BCUT2D eigenvalue weighted by Crippen LogP contribution is 2.33. The molecule has 0 radical (unpaired) electrons. The number of aromatic nitrogens is 1. The summed E-state index contributed by atoms with van der Waals surface area (Å²) in [5.41, 5.74) is -0.422. The second-order valence-electron chi connectivity index (χ2n) is 4.35. The Balaban J connectivity index is 2.19. The topological polar surface area (TPSA) is 33.1 Å². The predicted octanol–water partition coefficient (Wildman–Crippen LogP) is 4.44. The van der Waals surface area contributed by atoms with Crippen molar-refractivity contribution in [3.63, 3.8) is 0 Å². The van der Waals surface area contributed by atoms with Crippen molar-refractivity contribution in [2.24, 2.45) is 0 Å². The van der Waals surface area contributed by atoms with E-state index in [-0.39, 0.29) is 9.92 Å².